The third kappa shape index (κ3) is 6.98. The molecule has 2 aromatic carbocycles. The van der Waals surface area contributed by atoms with E-state index in [2.05, 4.69) is 24.4 Å². The molecule has 1 atom stereocenters. The van der Waals surface area contributed by atoms with Crippen LogP contribution in [0.25, 0.3) is 0 Å². The number of carbonyl (C=O) groups excluding carboxylic acids is 2. The Bertz CT molecular complexity index is 1070. The number of aromatic hydroxyl groups is 1. The molecule has 0 radical (unpaired) electrons. The smallest absolute Gasteiger partial charge is 0.247 e. The van der Waals surface area contributed by atoms with Gasteiger partial charge >= 0.3 is 0 Å². The quantitative estimate of drug-likeness (QED) is 0.500. The van der Waals surface area contributed by atoms with Gasteiger partial charge < -0.3 is 20.1 Å². The highest BCUT2D eigenvalue weighted by atomic mass is 16.5. The van der Waals surface area contributed by atoms with Crippen molar-refractivity contribution >= 4 is 11.8 Å². The number of allylic oxidation sites excluding steroid dienone is 2. The largest absolute Gasteiger partial charge is 0.508 e. The molecule has 0 aliphatic heterocycles. The maximum absolute atomic E-state index is 13.6. The van der Waals surface area contributed by atoms with Crippen molar-refractivity contribution in [2.24, 2.45) is 0 Å². The summed E-state index contributed by atoms with van der Waals surface area (Å²) in [4.78, 5) is 28.8. The van der Waals surface area contributed by atoms with Gasteiger partial charge in [0.1, 0.15) is 17.5 Å². The summed E-state index contributed by atoms with van der Waals surface area (Å²) < 4.78 is 5.29. The molecule has 1 unspecified atom stereocenters. The predicted octanol–water partition coefficient (Wildman–Crippen LogP) is 5.09. The highest BCUT2D eigenvalue weighted by Gasteiger charge is 2.33. The van der Waals surface area contributed by atoms with Crippen molar-refractivity contribution in [3.8, 4) is 11.5 Å². The Morgan fingerprint density at radius 2 is 1.69 bits per heavy atom. The number of phenols is 1. The second-order valence-electron chi connectivity index (χ2n) is 9.15. The molecule has 3 rings (SSSR count). The summed E-state index contributed by atoms with van der Waals surface area (Å²) in [5.74, 6) is 0.576. The fourth-order valence-electron chi connectivity index (χ4n) is 4.34. The standard InChI is InChI=1S/C29H36N2O4/c1-20(2)31(27(33)18-11-22-9-14-25(32)15-10-22)28(23-12-16-26(35-4)17-13-23)29(34)30-19-24-8-6-5-7-21(24)3/h7-10,12-17,20,28,32H,5-6,11,18-19H2,1-4H3,(H,30,34). The van der Waals surface area contributed by atoms with Gasteiger partial charge in [-0.25, -0.2) is 0 Å². The van der Waals surface area contributed by atoms with E-state index in [0.29, 0.717) is 18.7 Å². The zero-order valence-electron chi connectivity index (χ0n) is 21.1. The molecule has 0 spiro atoms. The molecule has 2 N–H and O–H groups in total. The maximum atomic E-state index is 13.6. The molecular weight excluding hydrogens is 440 g/mol. The van der Waals surface area contributed by atoms with Crippen molar-refractivity contribution in [3.63, 3.8) is 0 Å². The van der Waals surface area contributed by atoms with E-state index in [4.69, 9.17) is 4.74 Å². The second kappa shape index (κ2) is 12.2. The highest BCUT2D eigenvalue weighted by molar-refractivity contribution is 5.89. The number of nitrogens with one attached hydrogen (secondary N) is 1. The van der Waals surface area contributed by atoms with Crippen LogP contribution in [-0.4, -0.2) is 41.5 Å². The van der Waals surface area contributed by atoms with Crippen molar-refractivity contribution in [1.82, 2.24) is 10.2 Å². The van der Waals surface area contributed by atoms with Gasteiger partial charge in [0, 0.05) is 19.0 Å². The zero-order chi connectivity index (χ0) is 25.4. The van der Waals surface area contributed by atoms with E-state index < -0.39 is 6.04 Å². The normalized spacial score (nSPS) is 14.1. The van der Waals surface area contributed by atoms with E-state index in [0.717, 1.165) is 29.5 Å². The van der Waals surface area contributed by atoms with Crippen LogP contribution in [-0.2, 0) is 16.0 Å². The van der Waals surface area contributed by atoms with Gasteiger partial charge in [0.05, 0.1) is 7.11 Å². The van der Waals surface area contributed by atoms with Gasteiger partial charge in [-0.3, -0.25) is 9.59 Å². The van der Waals surface area contributed by atoms with E-state index in [1.165, 1.54) is 5.57 Å². The number of amides is 2. The lowest BCUT2D eigenvalue weighted by atomic mass is 9.98. The number of rotatable bonds is 10. The van der Waals surface area contributed by atoms with Crippen molar-refractivity contribution in [2.45, 2.75) is 58.5 Å². The Kier molecular flexibility index (Phi) is 9.12. The van der Waals surface area contributed by atoms with Crippen LogP contribution < -0.4 is 10.1 Å². The first-order valence-electron chi connectivity index (χ1n) is 12.2. The van der Waals surface area contributed by atoms with Crippen LogP contribution in [0, 0.1) is 0 Å². The number of nitrogens with zero attached hydrogens (tertiary/aromatic N) is 1. The Balaban J connectivity index is 1.83. The molecule has 0 saturated carbocycles. The minimum absolute atomic E-state index is 0.1000. The Morgan fingerprint density at radius 1 is 1.03 bits per heavy atom. The molecule has 35 heavy (non-hydrogen) atoms. The summed E-state index contributed by atoms with van der Waals surface area (Å²) in [7, 11) is 1.60. The SMILES string of the molecule is COc1ccc(C(C(=O)NCC2=CCCC=C2C)N(C(=O)CCc2ccc(O)cc2)C(C)C)cc1. The summed E-state index contributed by atoms with van der Waals surface area (Å²) in [5.41, 5.74) is 3.99. The maximum Gasteiger partial charge on any atom is 0.247 e. The number of ether oxygens (including phenoxy) is 1. The van der Waals surface area contributed by atoms with Crippen LogP contribution in [0.15, 0.2) is 71.8 Å². The van der Waals surface area contributed by atoms with E-state index in [-0.39, 0.29) is 30.0 Å². The fourth-order valence-corrected chi connectivity index (χ4v) is 4.34. The molecule has 1 aliphatic carbocycles. The predicted molar refractivity (Wildman–Crippen MR) is 138 cm³/mol. The number of carbonyl (C=O) groups is 2. The van der Waals surface area contributed by atoms with E-state index in [1.807, 2.05) is 50.2 Å². The monoisotopic (exact) mass is 476 g/mol. The average molecular weight is 477 g/mol. The lowest BCUT2D eigenvalue weighted by Gasteiger charge is -2.35. The summed E-state index contributed by atoms with van der Waals surface area (Å²) in [6.07, 6.45) is 7.13. The van der Waals surface area contributed by atoms with Crippen molar-refractivity contribution in [3.05, 3.63) is 83.0 Å². The van der Waals surface area contributed by atoms with Crippen LogP contribution in [0.4, 0.5) is 0 Å². The van der Waals surface area contributed by atoms with Gasteiger partial charge in [-0.1, -0.05) is 42.0 Å². The Hall–Kier alpha value is -3.54. The van der Waals surface area contributed by atoms with Crippen molar-refractivity contribution in [2.75, 3.05) is 13.7 Å². The summed E-state index contributed by atoms with van der Waals surface area (Å²) in [6.45, 7) is 6.35. The third-order valence-electron chi connectivity index (χ3n) is 6.33. The number of hydrogen-bond donors (Lipinski definition) is 2. The van der Waals surface area contributed by atoms with E-state index >= 15 is 0 Å². The lowest BCUT2D eigenvalue weighted by molar-refractivity contribution is -0.142. The second-order valence-corrected chi connectivity index (χ2v) is 9.15. The van der Waals surface area contributed by atoms with Crippen LogP contribution >= 0.6 is 0 Å². The molecule has 0 aromatic heterocycles. The molecular formula is C29H36N2O4. The number of methoxy groups -OCH3 is 1. The van der Waals surface area contributed by atoms with Crippen LogP contribution in [0.2, 0.25) is 0 Å². The molecule has 0 bridgehead atoms. The molecule has 2 aromatic rings. The Labute approximate surface area is 208 Å². The molecule has 0 fully saturated rings. The van der Waals surface area contributed by atoms with Gasteiger partial charge in [-0.2, -0.15) is 0 Å². The number of benzene rings is 2. The summed E-state index contributed by atoms with van der Waals surface area (Å²) in [6, 6.07) is 13.2. The summed E-state index contributed by atoms with van der Waals surface area (Å²) in [5, 5.41) is 12.6. The topological polar surface area (TPSA) is 78.9 Å². The van der Waals surface area contributed by atoms with Gasteiger partial charge in [0.2, 0.25) is 11.8 Å². The van der Waals surface area contributed by atoms with Gasteiger partial charge in [0.15, 0.2) is 0 Å². The van der Waals surface area contributed by atoms with Crippen LogP contribution in [0.1, 0.15) is 57.2 Å². The summed E-state index contributed by atoms with van der Waals surface area (Å²) >= 11 is 0. The van der Waals surface area contributed by atoms with E-state index in [1.54, 1.807) is 24.1 Å². The molecule has 2 amide bonds. The number of hydrogen-bond acceptors (Lipinski definition) is 4. The zero-order valence-corrected chi connectivity index (χ0v) is 21.1. The van der Waals surface area contributed by atoms with Crippen LogP contribution in [0.5, 0.6) is 11.5 Å². The lowest BCUT2D eigenvalue weighted by Crippen LogP contribution is -2.47. The Morgan fingerprint density at radius 3 is 2.29 bits per heavy atom. The van der Waals surface area contributed by atoms with Gasteiger partial charge in [0.25, 0.3) is 0 Å². The first-order valence-corrected chi connectivity index (χ1v) is 12.2. The molecule has 1 aliphatic rings. The number of phenolic OH excluding ortho intramolecular Hbond substituents is 1. The van der Waals surface area contributed by atoms with Crippen molar-refractivity contribution in [1.29, 1.82) is 0 Å². The first kappa shape index (κ1) is 26.1. The number of aryl methyl sites for hydroxylation is 1. The first-order chi connectivity index (χ1) is 16.8. The van der Waals surface area contributed by atoms with E-state index in [9.17, 15) is 14.7 Å². The molecule has 0 heterocycles. The average Bonchev–Trinajstić information content (AvgIpc) is 2.86. The minimum Gasteiger partial charge on any atom is -0.508 e. The molecule has 186 valence electrons. The van der Waals surface area contributed by atoms with Crippen LogP contribution in [0.3, 0.4) is 0 Å². The fraction of sp³-hybridized carbons (Fsp3) is 0.379. The molecule has 6 heteroatoms. The van der Waals surface area contributed by atoms with Gasteiger partial charge in [-0.05, 0) is 81.0 Å². The van der Waals surface area contributed by atoms with Gasteiger partial charge in [-0.15, -0.1) is 0 Å². The minimum atomic E-state index is -0.762. The van der Waals surface area contributed by atoms with Crippen molar-refractivity contribution < 1.29 is 19.4 Å². The third-order valence-corrected chi connectivity index (χ3v) is 6.33. The molecule has 0 saturated heterocycles. The highest BCUT2D eigenvalue weighted by Crippen LogP contribution is 2.27. The molecule has 6 nitrogen and oxygen atoms in total.